The predicted octanol–water partition coefficient (Wildman–Crippen LogP) is 2.38. The van der Waals surface area contributed by atoms with E-state index in [0.29, 0.717) is 30.3 Å². The molecule has 1 saturated heterocycles. The summed E-state index contributed by atoms with van der Waals surface area (Å²) in [5.41, 5.74) is 0.445. The van der Waals surface area contributed by atoms with Gasteiger partial charge < -0.3 is 10.0 Å². The molecule has 21 heavy (non-hydrogen) atoms. The predicted molar refractivity (Wildman–Crippen MR) is 77.4 cm³/mol. The first-order valence-electron chi connectivity index (χ1n) is 7.04. The van der Waals surface area contributed by atoms with Crippen LogP contribution in [0.5, 0.6) is 0 Å². The van der Waals surface area contributed by atoms with Gasteiger partial charge in [-0.05, 0) is 25.7 Å². The molecule has 0 bridgehead atoms. The minimum Gasteiger partial charge on any atom is -0.480 e. The monoisotopic (exact) mass is 293 g/mol. The average molecular weight is 293 g/mol. The van der Waals surface area contributed by atoms with Gasteiger partial charge in [0, 0.05) is 18.3 Å². The molecule has 0 aromatic carbocycles. The zero-order chi connectivity index (χ0) is 15.6. The number of nitrogens with zero attached hydrogens (tertiary/aromatic N) is 3. The van der Waals surface area contributed by atoms with Crippen LogP contribution in [0.2, 0.25) is 0 Å². The lowest BCUT2D eigenvalue weighted by molar-refractivity contribution is -0.385. The molecule has 0 saturated carbocycles. The number of aliphatic carboxylic acids is 1. The number of hydrogen-bond acceptors (Lipinski definition) is 5. The van der Waals surface area contributed by atoms with Crippen LogP contribution in [0.1, 0.15) is 31.7 Å². The second-order valence-corrected chi connectivity index (χ2v) is 5.43. The van der Waals surface area contributed by atoms with Crippen molar-refractivity contribution in [1.82, 2.24) is 4.98 Å². The van der Waals surface area contributed by atoms with E-state index in [1.807, 2.05) is 6.92 Å². The highest BCUT2D eigenvalue weighted by atomic mass is 16.6. The van der Waals surface area contributed by atoms with Gasteiger partial charge in [0.2, 0.25) is 0 Å². The number of aromatic nitrogens is 1. The molecule has 1 aromatic heterocycles. The minimum atomic E-state index is -0.904. The Labute approximate surface area is 122 Å². The van der Waals surface area contributed by atoms with E-state index in [1.54, 1.807) is 11.8 Å². The van der Waals surface area contributed by atoms with E-state index in [1.165, 1.54) is 12.3 Å². The number of hydrogen-bond donors (Lipinski definition) is 1. The zero-order valence-electron chi connectivity index (χ0n) is 12.2. The summed E-state index contributed by atoms with van der Waals surface area (Å²) in [5.74, 6) is -0.157. The second kappa shape index (κ2) is 6.07. The van der Waals surface area contributed by atoms with Crippen LogP contribution in [0.4, 0.5) is 11.5 Å². The lowest BCUT2D eigenvalue weighted by Crippen LogP contribution is -2.47. The van der Waals surface area contributed by atoms with Gasteiger partial charge >= 0.3 is 5.97 Å². The highest BCUT2D eigenvalue weighted by Crippen LogP contribution is 2.31. The summed E-state index contributed by atoms with van der Waals surface area (Å²) in [4.78, 5) is 27.9. The Balaban J connectivity index is 2.33. The molecule has 2 unspecified atom stereocenters. The maximum Gasteiger partial charge on any atom is 0.326 e. The molecular weight excluding hydrogens is 274 g/mol. The van der Waals surface area contributed by atoms with Crippen molar-refractivity contribution in [2.24, 2.45) is 5.92 Å². The van der Waals surface area contributed by atoms with E-state index < -0.39 is 16.9 Å². The molecule has 0 radical (unpaired) electrons. The van der Waals surface area contributed by atoms with E-state index in [-0.39, 0.29) is 5.69 Å². The van der Waals surface area contributed by atoms with E-state index in [2.05, 4.69) is 4.98 Å². The number of carboxylic acid groups (broad SMARTS) is 1. The minimum absolute atomic E-state index is 0.0262. The van der Waals surface area contributed by atoms with Gasteiger partial charge in [0.05, 0.1) is 11.0 Å². The second-order valence-electron chi connectivity index (χ2n) is 5.43. The quantitative estimate of drug-likeness (QED) is 0.676. The first kappa shape index (κ1) is 15.2. The van der Waals surface area contributed by atoms with Gasteiger partial charge in [-0.3, -0.25) is 10.1 Å². The Kier molecular flexibility index (Phi) is 4.40. The molecule has 2 rings (SSSR count). The number of pyridine rings is 1. The van der Waals surface area contributed by atoms with Crippen molar-refractivity contribution in [3.8, 4) is 0 Å². The van der Waals surface area contributed by atoms with E-state index in [0.717, 1.165) is 12.8 Å². The average Bonchev–Trinajstić information content (AvgIpc) is 2.46. The van der Waals surface area contributed by atoms with Gasteiger partial charge in [0.25, 0.3) is 5.69 Å². The number of carbonyl (C=O) groups is 1. The maximum atomic E-state index is 11.5. The maximum absolute atomic E-state index is 11.5. The van der Waals surface area contributed by atoms with Gasteiger partial charge in [-0.25, -0.2) is 9.78 Å². The first-order valence-corrected chi connectivity index (χ1v) is 7.04. The van der Waals surface area contributed by atoms with E-state index in [9.17, 15) is 20.0 Å². The molecule has 1 aromatic rings. The molecule has 1 aliphatic rings. The number of aryl methyl sites for hydroxylation is 1. The van der Waals surface area contributed by atoms with E-state index >= 15 is 0 Å². The summed E-state index contributed by atoms with van der Waals surface area (Å²) >= 11 is 0. The fourth-order valence-corrected chi connectivity index (χ4v) is 2.77. The van der Waals surface area contributed by atoms with E-state index in [4.69, 9.17) is 0 Å². The molecule has 7 nitrogen and oxygen atoms in total. The highest BCUT2D eigenvalue weighted by molar-refractivity contribution is 5.78. The normalized spacial score (nSPS) is 22.1. The van der Waals surface area contributed by atoms with Crippen LogP contribution in [0, 0.1) is 23.0 Å². The van der Waals surface area contributed by atoms with Crippen molar-refractivity contribution in [1.29, 1.82) is 0 Å². The van der Waals surface area contributed by atoms with Gasteiger partial charge in [-0.1, -0.05) is 13.3 Å². The molecule has 1 fully saturated rings. The third-order valence-electron chi connectivity index (χ3n) is 4.12. The molecule has 0 aliphatic carbocycles. The van der Waals surface area contributed by atoms with Crippen LogP contribution in [0.15, 0.2) is 12.3 Å². The summed E-state index contributed by atoms with van der Waals surface area (Å²) in [7, 11) is 0. The van der Waals surface area contributed by atoms with Gasteiger partial charge in [-0.2, -0.15) is 0 Å². The van der Waals surface area contributed by atoms with Crippen LogP contribution in [0.25, 0.3) is 0 Å². The van der Waals surface area contributed by atoms with Gasteiger partial charge in [0.15, 0.2) is 0 Å². The summed E-state index contributed by atoms with van der Waals surface area (Å²) in [6, 6.07) is 0.705. The Hall–Kier alpha value is -2.18. The third kappa shape index (κ3) is 3.12. The van der Waals surface area contributed by atoms with Crippen molar-refractivity contribution in [2.45, 2.75) is 39.2 Å². The molecule has 0 amide bonds. The smallest absolute Gasteiger partial charge is 0.326 e. The largest absolute Gasteiger partial charge is 0.480 e. The number of carboxylic acids is 1. The highest BCUT2D eigenvalue weighted by Gasteiger charge is 2.34. The number of piperidine rings is 1. The third-order valence-corrected chi connectivity index (χ3v) is 4.12. The molecule has 1 N–H and O–H groups in total. The van der Waals surface area contributed by atoms with Crippen LogP contribution in [0.3, 0.4) is 0 Å². The van der Waals surface area contributed by atoms with Crippen molar-refractivity contribution < 1.29 is 14.8 Å². The van der Waals surface area contributed by atoms with Crippen LogP contribution < -0.4 is 4.90 Å². The summed E-state index contributed by atoms with van der Waals surface area (Å²) in [6.45, 7) is 4.23. The van der Waals surface area contributed by atoms with Crippen molar-refractivity contribution in [3.05, 3.63) is 27.9 Å². The molecule has 0 spiro atoms. The first-order chi connectivity index (χ1) is 9.93. The van der Waals surface area contributed by atoms with Crippen molar-refractivity contribution in [3.63, 3.8) is 0 Å². The molecule has 2 atom stereocenters. The summed E-state index contributed by atoms with van der Waals surface area (Å²) < 4.78 is 0. The Morgan fingerprint density at radius 2 is 2.33 bits per heavy atom. The molecular formula is C14H19N3O4. The Bertz CT molecular complexity index is 561. The number of anilines is 1. The summed E-state index contributed by atoms with van der Waals surface area (Å²) in [5, 5.41) is 20.4. The van der Waals surface area contributed by atoms with Gasteiger partial charge in [0.1, 0.15) is 11.9 Å². The lowest BCUT2D eigenvalue weighted by atomic mass is 9.89. The van der Waals surface area contributed by atoms with Crippen molar-refractivity contribution in [2.75, 3.05) is 11.4 Å². The topological polar surface area (TPSA) is 96.6 Å². The van der Waals surface area contributed by atoms with Crippen molar-refractivity contribution >= 4 is 17.5 Å². The summed E-state index contributed by atoms with van der Waals surface area (Å²) in [6.07, 6.45) is 3.80. The van der Waals surface area contributed by atoms with Crippen LogP contribution in [-0.2, 0) is 4.79 Å². The van der Waals surface area contributed by atoms with Crippen LogP contribution >= 0.6 is 0 Å². The Morgan fingerprint density at radius 3 is 2.90 bits per heavy atom. The Morgan fingerprint density at radius 1 is 1.62 bits per heavy atom. The van der Waals surface area contributed by atoms with Crippen LogP contribution in [-0.4, -0.2) is 33.6 Å². The molecule has 114 valence electrons. The fraction of sp³-hybridized carbons (Fsp3) is 0.571. The lowest BCUT2D eigenvalue weighted by Gasteiger charge is -2.37. The standard InChI is InChI=1S/C14H19N3O4/c1-3-10-4-5-16(12(6-10)14(18)19)13-7-11(17(20)21)9(2)8-15-13/h7-8,10,12H,3-6H2,1-2H3,(H,18,19). The fourth-order valence-electron chi connectivity index (χ4n) is 2.77. The number of rotatable bonds is 4. The van der Waals surface area contributed by atoms with Gasteiger partial charge in [-0.15, -0.1) is 0 Å². The molecule has 7 heteroatoms. The molecule has 1 aliphatic heterocycles. The molecule has 2 heterocycles. The SMILES string of the molecule is CCC1CCN(c2cc([N+](=O)[O-])c(C)cn2)C(C(=O)O)C1. The zero-order valence-corrected chi connectivity index (χ0v) is 12.2. The number of nitro groups is 1.